The van der Waals surface area contributed by atoms with Gasteiger partial charge in [0.1, 0.15) is 34.2 Å². The standard InChI is InChI=1S/C24H9BCl7N6/c26-13-1-7-9(3-15(13)28)21-34-19(7)33-20-8-2-14(27)16(29)4-10(8)22(35-20)37-24-12-6-18(31)17(30)5-11(12)23(36-21)38(24)25-32/h1-6,33-35H. The molecule has 14 heteroatoms. The Morgan fingerprint density at radius 2 is 0.868 bits per heavy atom. The highest BCUT2D eigenvalue weighted by atomic mass is 35.5. The number of aromatic amines is 2. The van der Waals surface area contributed by atoms with E-state index in [4.69, 9.17) is 91.1 Å². The molecule has 0 saturated heterocycles. The third kappa shape index (κ3) is 3.64. The topological polar surface area (TPSA) is 73.3 Å². The zero-order chi connectivity index (χ0) is 26.5. The maximum absolute atomic E-state index is 6.43. The van der Waals surface area contributed by atoms with Crippen LogP contribution in [0.5, 0.6) is 0 Å². The summed E-state index contributed by atoms with van der Waals surface area (Å²) in [6, 6.07) is 10.5. The first-order valence-electron chi connectivity index (χ1n) is 10.9. The van der Waals surface area contributed by atoms with Crippen LogP contribution in [0.15, 0.2) is 46.4 Å². The lowest BCUT2D eigenvalue weighted by Gasteiger charge is -2.05. The molecule has 0 spiro atoms. The number of fused-ring (bicyclic) bond motifs is 15. The van der Waals surface area contributed by atoms with Gasteiger partial charge in [-0.25, -0.2) is 9.98 Å². The second kappa shape index (κ2) is 8.90. The summed E-state index contributed by atoms with van der Waals surface area (Å²) in [6.07, 6.45) is 0. The minimum Gasteiger partial charge on any atom is -0.342 e. The molecule has 0 fully saturated rings. The molecule has 0 aliphatic carbocycles. The number of nitrogens with zero attached hydrogens (tertiary/aromatic N) is 3. The number of rotatable bonds is 1. The highest BCUT2D eigenvalue weighted by molar-refractivity contribution is 6.92. The number of hydrogen-bond acceptors (Lipinski definition) is 3. The van der Waals surface area contributed by atoms with Crippen molar-refractivity contribution in [1.29, 1.82) is 0 Å². The zero-order valence-electron chi connectivity index (χ0n) is 18.5. The van der Waals surface area contributed by atoms with Crippen molar-refractivity contribution in [2.75, 3.05) is 5.32 Å². The van der Waals surface area contributed by atoms with Crippen LogP contribution >= 0.6 is 81.1 Å². The van der Waals surface area contributed by atoms with Crippen molar-refractivity contribution in [1.82, 2.24) is 14.4 Å². The number of anilines is 2. The van der Waals surface area contributed by atoms with Gasteiger partial charge in [0.2, 0.25) is 0 Å². The van der Waals surface area contributed by atoms with E-state index < -0.39 is 0 Å². The second-order valence-corrected chi connectivity index (χ2v) is 11.2. The van der Waals surface area contributed by atoms with E-state index in [1.54, 1.807) is 40.9 Å². The van der Waals surface area contributed by atoms with Crippen LogP contribution in [0.25, 0.3) is 32.3 Å². The van der Waals surface area contributed by atoms with Gasteiger partial charge in [0, 0.05) is 32.3 Å². The summed E-state index contributed by atoms with van der Waals surface area (Å²) < 4.78 is 1.65. The average Bonchev–Trinajstić information content (AvgIpc) is 3.46. The van der Waals surface area contributed by atoms with Crippen LogP contribution < -0.4 is 16.3 Å². The van der Waals surface area contributed by atoms with Crippen LogP contribution in [0.3, 0.4) is 0 Å². The molecule has 0 atom stereocenters. The molecule has 6 nitrogen and oxygen atoms in total. The molecule has 3 aromatic heterocycles. The third-order valence-corrected chi connectivity index (χ3v) is 8.80. The number of H-pyrrole nitrogens is 2. The molecule has 0 unspecified atom stereocenters. The Hall–Kier alpha value is -2.23. The Kier molecular flexibility index (Phi) is 5.80. The smallest absolute Gasteiger partial charge is 0.342 e. The van der Waals surface area contributed by atoms with E-state index in [1.807, 2.05) is 0 Å². The molecular formula is C24H9BCl7N6. The number of aromatic nitrogens is 3. The van der Waals surface area contributed by atoms with E-state index in [1.165, 1.54) is 6.83 Å². The summed E-state index contributed by atoms with van der Waals surface area (Å²) in [4.78, 5) is 16.6. The molecule has 0 saturated carbocycles. The summed E-state index contributed by atoms with van der Waals surface area (Å²) >= 11 is 44.9. The Balaban J connectivity index is 1.75. The molecule has 38 heavy (non-hydrogen) atoms. The molecule has 6 aromatic rings. The molecule has 3 aromatic carbocycles. The third-order valence-electron chi connectivity index (χ3n) is 6.44. The molecule has 0 amide bonds. The first-order chi connectivity index (χ1) is 18.2. The normalized spacial score (nSPS) is 12.7. The lowest BCUT2D eigenvalue weighted by molar-refractivity contribution is 1.02. The maximum Gasteiger partial charge on any atom is 0.378 e. The highest BCUT2D eigenvalue weighted by Gasteiger charge is 2.21. The number of nitrogens with one attached hydrogen (secondary N) is 3. The molecule has 4 heterocycles. The van der Waals surface area contributed by atoms with E-state index in [-0.39, 0.29) is 0 Å². The predicted molar refractivity (Wildman–Crippen MR) is 161 cm³/mol. The van der Waals surface area contributed by atoms with E-state index in [2.05, 4.69) is 15.3 Å². The predicted octanol–water partition coefficient (Wildman–Crippen LogP) is 9.10. The van der Waals surface area contributed by atoms with Crippen molar-refractivity contribution in [3.05, 3.63) is 77.5 Å². The molecule has 1 aliphatic rings. The fourth-order valence-electron chi connectivity index (χ4n) is 4.71. The minimum absolute atomic E-state index is 0.362. The van der Waals surface area contributed by atoms with Crippen LogP contribution in [0.2, 0.25) is 30.1 Å². The van der Waals surface area contributed by atoms with Crippen molar-refractivity contribution in [3.63, 3.8) is 0 Å². The fourth-order valence-corrected chi connectivity index (χ4v) is 5.88. The van der Waals surface area contributed by atoms with Crippen molar-refractivity contribution < 1.29 is 0 Å². The van der Waals surface area contributed by atoms with Crippen LogP contribution in [0.1, 0.15) is 0 Å². The Morgan fingerprint density at radius 3 is 1.24 bits per heavy atom. The monoisotopic (exact) mass is 637 g/mol. The lowest BCUT2D eigenvalue weighted by Crippen LogP contribution is -2.29. The first-order valence-corrected chi connectivity index (χ1v) is 13.6. The van der Waals surface area contributed by atoms with Gasteiger partial charge < -0.3 is 19.8 Å². The van der Waals surface area contributed by atoms with E-state index >= 15 is 0 Å². The first kappa shape index (κ1) is 24.8. The molecular weight excluding hydrogens is 631 g/mol. The summed E-state index contributed by atoms with van der Waals surface area (Å²) in [7, 11) is 0. The summed E-state index contributed by atoms with van der Waals surface area (Å²) in [5, 5.41) is 10.0. The van der Waals surface area contributed by atoms with E-state index in [9.17, 15) is 0 Å². The molecule has 6 bridgehead atoms. The number of hydrogen-bond donors (Lipinski definition) is 3. The lowest BCUT2D eigenvalue weighted by atomic mass is 10.2. The minimum atomic E-state index is 0.362. The van der Waals surface area contributed by atoms with Gasteiger partial charge in [-0.2, -0.15) is 11.5 Å². The van der Waals surface area contributed by atoms with Crippen molar-refractivity contribution in [2.45, 2.75) is 0 Å². The summed E-state index contributed by atoms with van der Waals surface area (Å²) in [5.74, 6) is 2.26. The molecule has 3 N–H and O–H groups in total. The van der Waals surface area contributed by atoms with Gasteiger partial charge in [0.25, 0.3) is 0 Å². The van der Waals surface area contributed by atoms with Crippen LogP contribution in [0, 0.1) is 0 Å². The Labute approximate surface area is 249 Å². The Bertz CT molecular complexity index is 1980. The maximum atomic E-state index is 6.43. The van der Waals surface area contributed by atoms with E-state index in [0.29, 0.717) is 75.2 Å². The van der Waals surface area contributed by atoms with Gasteiger partial charge >= 0.3 is 6.83 Å². The fraction of sp³-hybridized carbons (Fsp3) is 0. The molecule has 1 aliphatic heterocycles. The van der Waals surface area contributed by atoms with Gasteiger partial charge in [-0.1, -0.05) is 69.6 Å². The van der Waals surface area contributed by atoms with Crippen molar-refractivity contribution in [3.8, 4) is 0 Å². The van der Waals surface area contributed by atoms with Gasteiger partial charge in [-0.15, -0.1) is 0 Å². The molecule has 1 radical (unpaired) electrons. The van der Waals surface area contributed by atoms with Gasteiger partial charge in [-0.3, -0.25) is 0 Å². The number of halogens is 7. The Morgan fingerprint density at radius 1 is 0.526 bits per heavy atom. The van der Waals surface area contributed by atoms with Gasteiger partial charge in [-0.05, 0) is 36.4 Å². The summed E-state index contributed by atoms with van der Waals surface area (Å²) in [6.45, 7) is 1.36. The highest BCUT2D eigenvalue weighted by Crippen LogP contribution is 2.42. The quantitative estimate of drug-likeness (QED) is 0.154. The van der Waals surface area contributed by atoms with Crippen molar-refractivity contribution >= 4 is 143 Å². The molecule has 187 valence electrons. The van der Waals surface area contributed by atoms with Crippen LogP contribution in [-0.2, 0) is 0 Å². The van der Waals surface area contributed by atoms with Gasteiger partial charge in [0.15, 0.2) is 0 Å². The van der Waals surface area contributed by atoms with E-state index in [0.717, 1.165) is 21.5 Å². The zero-order valence-corrected chi connectivity index (χ0v) is 23.8. The van der Waals surface area contributed by atoms with Crippen LogP contribution in [0.4, 0.5) is 23.3 Å². The SMILES string of the molecule is Cl[B]n1c2c3cc(Cl)c(Cl)cc3c1=Nc1[nH]c(c3cc(Cl)c(Cl)cc13)Nc1[nH]c(c3cc(Cl)c(Cl)cc13)N=2. The molecule has 7 rings (SSSR count). The summed E-state index contributed by atoms with van der Waals surface area (Å²) in [5.41, 5.74) is 0.955. The van der Waals surface area contributed by atoms with Crippen molar-refractivity contribution in [2.24, 2.45) is 9.98 Å². The number of benzene rings is 3. The second-order valence-electron chi connectivity index (χ2n) is 8.60. The van der Waals surface area contributed by atoms with Crippen LogP contribution in [-0.4, -0.2) is 21.3 Å². The van der Waals surface area contributed by atoms with Gasteiger partial charge in [0.05, 0.1) is 30.1 Å². The largest absolute Gasteiger partial charge is 0.378 e. The average molecular weight is 640 g/mol.